The van der Waals surface area contributed by atoms with Crippen LogP contribution < -0.4 is 0 Å². The number of benzene rings is 3. The Balaban J connectivity index is 2.00. The Hall–Kier alpha value is -2.34. The molecule has 3 rings (SSSR count). The van der Waals surface area contributed by atoms with Crippen molar-refractivity contribution in [3.8, 4) is 0 Å². The molecule has 3 aromatic rings. The van der Waals surface area contributed by atoms with Crippen LogP contribution in [0.15, 0.2) is 48.5 Å². The third-order valence-electron chi connectivity index (χ3n) is 7.31. The van der Waals surface area contributed by atoms with Crippen LogP contribution in [-0.4, -0.2) is 0 Å². The average Bonchev–Trinajstić information content (AvgIpc) is 2.84. The molecule has 0 saturated heterocycles. The van der Waals surface area contributed by atoms with E-state index in [1.807, 2.05) is 0 Å². The van der Waals surface area contributed by atoms with Crippen LogP contribution in [0.25, 0.3) is 0 Å². The maximum absolute atomic E-state index is 2.40. The van der Waals surface area contributed by atoms with E-state index in [2.05, 4.69) is 90.1 Å². The minimum atomic E-state index is 1.03. The molecule has 0 heteroatoms. The molecular formula is C32H42. The van der Waals surface area contributed by atoms with Gasteiger partial charge in [-0.15, -0.1) is 0 Å². The second-order valence-corrected chi connectivity index (χ2v) is 8.93. The fourth-order valence-corrected chi connectivity index (χ4v) is 5.65. The highest BCUT2D eigenvalue weighted by molar-refractivity contribution is 5.47. The molecule has 0 saturated carbocycles. The van der Waals surface area contributed by atoms with Gasteiger partial charge in [-0.3, -0.25) is 0 Å². The van der Waals surface area contributed by atoms with Crippen molar-refractivity contribution in [2.45, 2.75) is 92.9 Å². The molecule has 32 heavy (non-hydrogen) atoms. The molecular weight excluding hydrogens is 384 g/mol. The minimum Gasteiger partial charge on any atom is -0.0620 e. The normalized spacial score (nSPS) is 11.2. The summed E-state index contributed by atoms with van der Waals surface area (Å²) in [5, 5.41) is 0. The van der Waals surface area contributed by atoms with E-state index in [1.165, 1.54) is 33.4 Å². The summed E-state index contributed by atoms with van der Waals surface area (Å²) < 4.78 is 0. The van der Waals surface area contributed by atoms with Crippen molar-refractivity contribution in [3.05, 3.63) is 104 Å². The molecule has 0 bridgehead atoms. The molecule has 0 nitrogen and oxygen atoms in total. The molecule has 0 aliphatic rings. The monoisotopic (exact) mass is 426 g/mol. The molecule has 0 heterocycles. The van der Waals surface area contributed by atoms with Crippen LogP contribution in [-0.2, 0) is 51.4 Å². The second-order valence-electron chi connectivity index (χ2n) is 8.93. The van der Waals surface area contributed by atoms with E-state index in [0.717, 1.165) is 51.4 Å². The van der Waals surface area contributed by atoms with Gasteiger partial charge in [-0.2, -0.15) is 0 Å². The van der Waals surface area contributed by atoms with E-state index in [1.54, 1.807) is 22.3 Å². The van der Waals surface area contributed by atoms with Gasteiger partial charge in [0.2, 0.25) is 0 Å². The van der Waals surface area contributed by atoms with E-state index in [9.17, 15) is 0 Å². The van der Waals surface area contributed by atoms with E-state index in [4.69, 9.17) is 0 Å². The van der Waals surface area contributed by atoms with Crippen LogP contribution in [0.3, 0.4) is 0 Å². The summed E-state index contributed by atoms with van der Waals surface area (Å²) in [5.74, 6) is 0. The molecule has 0 aliphatic carbocycles. The molecule has 0 radical (unpaired) electrons. The van der Waals surface area contributed by atoms with Gasteiger partial charge >= 0.3 is 0 Å². The maximum Gasteiger partial charge on any atom is -0.00201 e. The second kappa shape index (κ2) is 11.5. The van der Waals surface area contributed by atoms with Crippen LogP contribution >= 0.6 is 0 Å². The molecule has 0 aromatic heterocycles. The van der Waals surface area contributed by atoms with Crippen LogP contribution in [0.4, 0.5) is 0 Å². The molecule has 0 aliphatic heterocycles. The smallest absolute Gasteiger partial charge is 0.00201 e. The topological polar surface area (TPSA) is 0 Å². The number of hydrogen-bond acceptors (Lipinski definition) is 0. The van der Waals surface area contributed by atoms with Crippen LogP contribution in [0.2, 0.25) is 0 Å². The van der Waals surface area contributed by atoms with Crippen LogP contribution in [0.5, 0.6) is 0 Å². The van der Waals surface area contributed by atoms with Crippen molar-refractivity contribution in [2.75, 3.05) is 0 Å². The van der Waals surface area contributed by atoms with E-state index in [0.29, 0.717) is 0 Å². The molecule has 0 N–H and O–H groups in total. The zero-order valence-electron chi connectivity index (χ0n) is 21.3. The summed E-state index contributed by atoms with van der Waals surface area (Å²) in [5.41, 5.74) is 15.4. The van der Waals surface area contributed by atoms with Gasteiger partial charge < -0.3 is 0 Å². The average molecular weight is 427 g/mol. The van der Waals surface area contributed by atoms with Gasteiger partial charge in [0.25, 0.3) is 0 Å². The first-order chi connectivity index (χ1) is 15.6. The van der Waals surface area contributed by atoms with Crippen LogP contribution in [0, 0.1) is 0 Å². The van der Waals surface area contributed by atoms with Gasteiger partial charge in [0.1, 0.15) is 0 Å². The first kappa shape index (κ1) is 24.3. The lowest BCUT2D eigenvalue weighted by Gasteiger charge is -2.20. The lowest BCUT2D eigenvalue weighted by Crippen LogP contribution is -2.07. The molecule has 0 atom stereocenters. The van der Waals surface area contributed by atoms with Crippen molar-refractivity contribution in [2.24, 2.45) is 0 Å². The van der Waals surface area contributed by atoms with E-state index < -0.39 is 0 Å². The van der Waals surface area contributed by atoms with E-state index >= 15 is 0 Å². The number of rotatable bonds is 10. The lowest BCUT2D eigenvalue weighted by molar-refractivity contribution is 0.939. The van der Waals surface area contributed by atoms with Gasteiger partial charge in [-0.25, -0.2) is 0 Å². The van der Waals surface area contributed by atoms with Crippen molar-refractivity contribution in [3.63, 3.8) is 0 Å². The maximum atomic E-state index is 2.40. The Morgan fingerprint density at radius 1 is 0.344 bits per heavy atom. The van der Waals surface area contributed by atoms with Crippen molar-refractivity contribution >= 4 is 0 Å². The van der Waals surface area contributed by atoms with Crippen molar-refractivity contribution < 1.29 is 0 Å². The van der Waals surface area contributed by atoms with Crippen molar-refractivity contribution in [1.29, 1.82) is 0 Å². The highest BCUT2D eigenvalue weighted by atomic mass is 14.2. The Labute approximate surface area is 197 Å². The standard InChI is InChI=1S/C32H42/c1-7-23-17-19-27(31(11-5)29(23)9-3)21-25-15-13-14-16-26(25)22-28-20-18-24(8-2)30(10-4)32(28)12-6/h13-20H,7-12,21-22H2,1-6H3. The van der Waals surface area contributed by atoms with Crippen molar-refractivity contribution in [1.82, 2.24) is 0 Å². The summed E-state index contributed by atoms with van der Waals surface area (Å²) in [7, 11) is 0. The molecule has 0 spiro atoms. The SMILES string of the molecule is CCc1ccc(Cc2ccccc2Cc2ccc(CC)c(CC)c2CC)c(CC)c1CC. The molecule has 0 fully saturated rings. The van der Waals surface area contributed by atoms with Gasteiger partial charge in [0, 0.05) is 0 Å². The van der Waals surface area contributed by atoms with Gasteiger partial charge in [-0.05, 0) is 107 Å². The zero-order valence-corrected chi connectivity index (χ0v) is 21.3. The Kier molecular flexibility index (Phi) is 8.74. The summed E-state index contributed by atoms with van der Waals surface area (Å²) in [6.45, 7) is 13.8. The summed E-state index contributed by atoms with van der Waals surface area (Å²) in [6.07, 6.45) is 8.81. The third-order valence-corrected chi connectivity index (χ3v) is 7.31. The minimum absolute atomic E-state index is 1.03. The third kappa shape index (κ3) is 5.01. The van der Waals surface area contributed by atoms with Gasteiger partial charge in [0.05, 0.1) is 0 Å². The van der Waals surface area contributed by atoms with E-state index in [-0.39, 0.29) is 0 Å². The Bertz CT molecular complexity index is 954. The summed E-state index contributed by atoms with van der Waals surface area (Å²) >= 11 is 0. The van der Waals surface area contributed by atoms with Gasteiger partial charge in [-0.1, -0.05) is 90.1 Å². The van der Waals surface area contributed by atoms with Gasteiger partial charge in [0.15, 0.2) is 0 Å². The highest BCUT2D eigenvalue weighted by Crippen LogP contribution is 2.28. The first-order valence-electron chi connectivity index (χ1n) is 12.9. The fraction of sp³-hybridized carbons (Fsp3) is 0.438. The lowest BCUT2D eigenvalue weighted by atomic mass is 9.85. The zero-order chi connectivity index (χ0) is 23.1. The first-order valence-corrected chi connectivity index (χ1v) is 12.9. The summed E-state index contributed by atoms with van der Waals surface area (Å²) in [6, 6.07) is 18.7. The number of hydrogen-bond donors (Lipinski definition) is 0. The Morgan fingerprint density at radius 2 is 0.656 bits per heavy atom. The molecule has 3 aromatic carbocycles. The fourth-order valence-electron chi connectivity index (χ4n) is 5.65. The molecule has 0 unspecified atom stereocenters. The summed E-state index contributed by atoms with van der Waals surface area (Å²) in [4.78, 5) is 0. The predicted octanol–water partition coefficient (Wildman–Crippen LogP) is 8.24. The Morgan fingerprint density at radius 3 is 0.969 bits per heavy atom. The largest absolute Gasteiger partial charge is 0.0620 e. The predicted molar refractivity (Wildman–Crippen MR) is 141 cm³/mol. The molecule has 170 valence electrons. The highest BCUT2D eigenvalue weighted by Gasteiger charge is 2.14. The number of aryl methyl sites for hydroxylation is 2. The molecule has 0 amide bonds. The quantitative estimate of drug-likeness (QED) is 0.306. The van der Waals surface area contributed by atoms with Crippen LogP contribution in [0.1, 0.15) is 97.2 Å².